The van der Waals surface area contributed by atoms with Gasteiger partial charge in [0, 0.05) is 54.2 Å². The number of terminal acetylenes is 1. The van der Waals surface area contributed by atoms with Gasteiger partial charge in [0.2, 0.25) is 5.56 Å². The number of rotatable bonds is 13. The van der Waals surface area contributed by atoms with Crippen LogP contribution in [0, 0.1) is 19.3 Å². The summed E-state index contributed by atoms with van der Waals surface area (Å²) < 4.78 is 70.1. The largest absolute Gasteiger partial charge is 0.492 e. The Morgan fingerprint density at radius 1 is 1.11 bits per heavy atom. The molecule has 0 spiro atoms. The van der Waals surface area contributed by atoms with Crippen LogP contribution in [0.3, 0.4) is 0 Å². The Bertz CT molecular complexity index is 1780. The van der Waals surface area contributed by atoms with Crippen LogP contribution in [0.2, 0.25) is 5.02 Å². The smallest absolute Gasteiger partial charge is 0.371 e. The molecular formula is C34H37ClF4N4O3. The Kier molecular flexibility index (Phi) is 10.3. The monoisotopic (exact) mass is 660 g/mol. The molecule has 0 radical (unpaired) electrons. The topological polar surface area (TPSA) is 62.7 Å². The first-order chi connectivity index (χ1) is 21.9. The molecule has 1 aliphatic rings. The summed E-state index contributed by atoms with van der Waals surface area (Å²) in [5.41, 5.74) is 2.53. The zero-order valence-electron chi connectivity index (χ0n) is 25.9. The normalized spacial score (nSPS) is 14.8. The van der Waals surface area contributed by atoms with E-state index in [1.165, 1.54) is 22.8 Å². The lowest BCUT2D eigenvalue weighted by atomic mass is 10.0. The van der Waals surface area contributed by atoms with Crippen LogP contribution in [0.15, 0.2) is 47.3 Å². The van der Waals surface area contributed by atoms with E-state index in [1.54, 1.807) is 6.92 Å². The predicted octanol–water partition coefficient (Wildman–Crippen LogP) is 6.12. The molecule has 0 unspecified atom stereocenters. The van der Waals surface area contributed by atoms with Gasteiger partial charge in [-0.3, -0.25) is 9.69 Å². The average molecular weight is 661 g/mol. The standard InChI is InChI=1S/C34H37ClF4N4O3/c1-4-33(36,37)34(38,39)22-43-23(2)26(31-29(43)12-11-28-32(31)27(35)20-30(44)40-28)6-5-13-41(3)21-24-7-9-25(10-8-24)46-19-16-42-14-17-45-18-15-42/h1,7-12,20H,5-6,13-19,21-22H2,2-3H3,(H,40,44). The summed E-state index contributed by atoms with van der Waals surface area (Å²) in [5.74, 6) is -7.38. The van der Waals surface area contributed by atoms with Crippen molar-refractivity contribution in [3.05, 3.63) is 74.7 Å². The van der Waals surface area contributed by atoms with E-state index in [-0.39, 0.29) is 5.02 Å². The van der Waals surface area contributed by atoms with Crippen LogP contribution in [-0.4, -0.2) is 84.2 Å². The molecule has 4 aromatic rings. The summed E-state index contributed by atoms with van der Waals surface area (Å²) in [6.45, 7) is 6.47. The molecule has 46 heavy (non-hydrogen) atoms. The Morgan fingerprint density at radius 3 is 2.52 bits per heavy atom. The number of H-pyrrole nitrogens is 1. The molecule has 1 aliphatic heterocycles. The third kappa shape index (κ3) is 7.36. The lowest BCUT2D eigenvalue weighted by molar-refractivity contribution is -0.180. The molecule has 0 bridgehead atoms. The van der Waals surface area contributed by atoms with Gasteiger partial charge in [-0.05, 0) is 74.7 Å². The summed E-state index contributed by atoms with van der Waals surface area (Å²) in [5, 5.41) is 1.17. The first-order valence-corrected chi connectivity index (χ1v) is 15.5. The molecular weight excluding hydrogens is 624 g/mol. The number of halogens is 5. The number of nitrogens with one attached hydrogen (secondary N) is 1. The number of aromatic nitrogens is 2. The van der Waals surface area contributed by atoms with E-state index >= 15 is 0 Å². The summed E-state index contributed by atoms with van der Waals surface area (Å²) in [4.78, 5) is 19.3. The van der Waals surface area contributed by atoms with Crippen LogP contribution < -0.4 is 10.3 Å². The number of nitrogens with zero attached hydrogens (tertiary/aromatic N) is 3. The van der Waals surface area contributed by atoms with Crippen molar-refractivity contribution in [2.75, 3.05) is 53.0 Å². The van der Waals surface area contributed by atoms with Crippen molar-refractivity contribution in [1.82, 2.24) is 19.4 Å². The molecule has 7 nitrogen and oxygen atoms in total. The molecule has 0 saturated carbocycles. The molecule has 1 N–H and O–H groups in total. The van der Waals surface area contributed by atoms with Crippen LogP contribution in [0.4, 0.5) is 17.6 Å². The highest BCUT2D eigenvalue weighted by Crippen LogP contribution is 2.40. The second-order valence-electron chi connectivity index (χ2n) is 11.7. The summed E-state index contributed by atoms with van der Waals surface area (Å²) in [7, 11) is 1.99. The maximum atomic E-state index is 14.8. The zero-order valence-corrected chi connectivity index (χ0v) is 26.6. The van der Waals surface area contributed by atoms with E-state index in [1.807, 2.05) is 31.3 Å². The maximum absolute atomic E-state index is 14.8. The Labute approximate surface area is 270 Å². The Hall–Kier alpha value is -3.56. The van der Waals surface area contributed by atoms with Crippen molar-refractivity contribution in [2.45, 2.75) is 44.7 Å². The molecule has 0 atom stereocenters. The van der Waals surface area contributed by atoms with E-state index in [0.717, 1.165) is 50.1 Å². The van der Waals surface area contributed by atoms with Crippen molar-refractivity contribution < 1.29 is 27.0 Å². The van der Waals surface area contributed by atoms with Gasteiger partial charge >= 0.3 is 11.8 Å². The fourth-order valence-electron chi connectivity index (χ4n) is 5.99. The van der Waals surface area contributed by atoms with Crippen molar-refractivity contribution in [1.29, 1.82) is 0 Å². The van der Waals surface area contributed by atoms with Gasteiger partial charge in [0.05, 0.1) is 30.3 Å². The van der Waals surface area contributed by atoms with Crippen LogP contribution >= 0.6 is 11.6 Å². The predicted molar refractivity (Wildman–Crippen MR) is 172 cm³/mol. The van der Waals surface area contributed by atoms with Crippen LogP contribution in [-0.2, 0) is 24.2 Å². The van der Waals surface area contributed by atoms with Crippen LogP contribution in [0.5, 0.6) is 5.75 Å². The number of benzene rings is 2. The molecule has 0 amide bonds. The first kappa shape index (κ1) is 33.8. The number of alkyl halides is 4. The van der Waals surface area contributed by atoms with E-state index < -0.39 is 23.9 Å². The summed E-state index contributed by atoms with van der Waals surface area (Å²) >= 11 is 6.50. The van der Waals surface area contributed by atoms with Gasteiger partial charge < -0.3 is 23.9 Å². The van der Waals surface area contributed by atoms with Gasteiger partial charge in [0.25, 0.3) is 0 Å². The highest BCUT2D eigenvalue weighted by Gasteiger charge is 2.55. The molecule has 12 heteroatoms. The number of hydrogen-bond acceptors (Lipinski definition) is 5. The van der Waals surface area contributed by atoms with Gasteiger partial charge in [-0.1, -0.05) is 23.7 Å². The Balaban J connectivity index is 1.29. The van der Waals surface area contributed by atoms with Gasteiger partial charge in [0.1, 0.15) is 12.4 Å². The summed E-state index contributed by atoms with van der Waals surface area (Å²) in [6.07, 6.45) is 5.86. The Morgan fingerprint density at radius 2 is 1.83 bits per heavy atom. The molecule has 3 heterocycles. The van der Waals surface area contributed by atoms with Crippen molar-refractivity contribution >= 4 is 33.4 Å². The number of ether oxygens (including phenoxy) is 2. The van der Waals surface area contributed by atoms with Gasteiger partial charge in [0.15, 0.2) is 0 Å². The van der Waals surface area contributed by atoms with E-state index in [9.17, 15) is 22.4 Å². The number of hydrogen-bond donors (Lipinski definition) is 1. The van der Waals surface area contributed by atoms with Gasteiger partial charge in [-0.15, -0.1) is 6.42 Å². The molecule has 2 aromatic carbocycles. The second kappa shape index (κ2) is 14.1. The van der Waals surface area contributed by atoms with Crippen molar-refractivity contribution in [2.24, 2.45) is 0 Å². The quantitative estimate of drug-likeness (QED) is 0.138. The lowest BCUT2D eigenvalue weighted by Gasteiger charge is -2.26. The minimum absolute atomic E-state index is 0.147. The highest BCUT2D eigenvalue weighted by molar-refractivity contribution is 6.37. The van der Waals surface area contributed by atoms with E-state index in [4.69, 9.17) is 27.5 Å². The second-order valence-corrected chi connectivity index (χ2v) is 12.1. The van der Waals surface area contributed by atoms with E-state index in [0.29, 0.717) is 65.6 Å². The third-order valence-electron chi connectivity index (χ3n) is 8.49. The van der Waals surface area contributed by atoms with Gasteiger partial charge in [-0.25, -0.2) is 0 Å². The fourth-order valence-corrected chi connectivity index (χ4v) is 6.29. The molecule has 5 rings (SSSR count). The molecule has 246 valence electrons. The minimum atomic E-state index is -4.63. The van der Waals surface area contributed by atoms with Crippen molar-refractivity contribution in [3.63, 3.8) is 0 Å². The number of pyridine rings is 1. The SMILES string of the molecule is C#CC(F)(F)C(F)(F)Cn1c(C)c(CCCN(C)Cc2ccc(OCCN3CCOCC3)cc2)c2c3c(Cl)cc(=O)[nH]c3ccc21. The molecule has 0 aliphatic carbocycles. The molecule has 1 saturated heterocycles. The maximum Gasteiger partial charge on any atom is 0.371 e. The minimum Gasteiger partial charge on any atom is -0.492 e. The van der Waals surface area contributed by atoms with Crippen LogP contribution in [0.1, 0.15) is 23.2 Å². The van der Waals surface area contributed by atoms with Crippen molar-refractivity contribution in [3.8, 4) is 18.1 Å². The number of morpholine rings is 1. The van der Waals surface area contributed by atoms with E-state index in [2.05, 4.69) is 14.8 Å². The number of fused-ring (bicyclic) bond motifs is 3. The fraction of sp³-hybridized carbons (Fsp3) is 0.441. The van der Waals surface area contributed by atoms with Crippen LogP contribution in [0.25, 0.3) is 21.8 Å². The number of aryl methyl sites for hydroxylation is 1. The number of aromatic amines is 1. The lowest BCUT2D eigenvalue weighted by Crippen LogP contribution is -2.42. The molecule has 1 fully saturated rings. The third-order valence-corrected chi connectivity index (χ3v) is 8.79. The highest BCUT2D eigenvalue weighted by atomic mass is 35.5. The summed E-state index contributed by atoms with van der Waals surface area (Å²) in [6, 6.07) is 12.3. The first-order valence-electron chi connectivity index (χ1n) is 15.2. The van der Waals surface area contributed by atoms with Gasteiger partial charge in [-0.2, -0.15) is 17.6 Å². The zero-order chi connectivity index (χ0) is 33.1. The average Bonchev–Trinajstić information content (AvgIpc) is 3.27. The molecule has 2 aromatic heterocycles.